The number of rotatable bonds is 3. The van der Waals surface area contributed by atoms with Gasteiger partial charge in [0.25, 0.3) is 0 Å². The first kappa shape index (κ1) is 8.25. The topological polar surface area (TPSA) is 12.9 Å². The Hall–Kier alpha value is -0.850. The van der Waals surface area contributed by atoms with Crippen LogP contribution in [-0.2, 0) is 6.42 Å². The molecule has 0 aliphatic heterocycles. The van der Waals surface area contributed by atoms with E-state index in [1.54, 1.807) is 0 Å². The van der Waals surface area contributed by atoms with Crippen LogP contribution in [0, 0.1) is 5.92 Å². The molecule has 0 saturated heterocycles. The molecule has 0 amide bonds. The van der Waals surface area contributed by atoms with Gasteiger partial charge in [-0.1, -0.05) is 26.3 Å². The van der Waals surface area contributed by atoms with E-state index in [1.165, 1.54) is 12.1 Å². The third-order valence-electron chi connectivity index (χ3n) is 1.98. The minimum Gasteiger partial charge on any atom is -0.261 e. The third-order valence-corrected chi connectivity index (χ3v) is 1.98. The van der Waals surface area contributed by atoms with Crippen LogP contribution in [0.2, 0.25) is 0 Å². The van der Waals surface area contributed by atoms with Crippen LogP contribution in [0.1, 0.15) is 26.0 Å². The lowest BCUT2D eigenvalue weighted by molar-refractivity contribution is 0.552. The van der Waals surface area contributed by atoms with Crippen LogP contribution in [-0.4, -0.2) is 4.98 Å². The molecule has 0 aromatic carbocycles. The Kier molecular flexibility index (Phi) is 3.09. The summed E-state index contributed by atoms with van der Waals surface area (Å²) in [7, 11) is 0. The van der Waals surface area contributed by atoms with Gasteiger partial charge in [0.15, 0.2) is 0 Å². The van der Waals surface area contributed by atoms with Crippen LogP contribution in [0.5, 0.6) is 0 Å². The van der Waals surface area contributed by atoms with Gasteiger partial charge in [-0.25, -0.2) is 0 Å². The molecular weight excluding hydrogens is 134 g/mol. The minimum absolute atomic E-state index is 0.755. The lowest BCUT2D eigenvalue weighted by atomic mass is 10.0. The van der Waals surface area contributed by atoms with Crippen LogP contribution in [0.3, 0.4) is 0 Å². The van der Waals surface area contributed by atoms with Crippen molar-refractivity contribution in [1.29, 1.82) is 0 Å². The zero-order valence-electron chi connectivity index (χ0n) is 7.25. The summed E-state index contributed by atoms with van der Waals surface area (Å²) < 4.78 is 0. The molecule has 0 aliphatic carbocycles. The van der Waals surface area contributed by atoms with Crippen molar-refractivity contribution in [2.24, 2.45) is 5.92 Å². The molecule has 0 radical (unpaired) electrons. The second kappa shape index (κ2) is 4.12. The van der Waals surface area contributed by atoms with Crippen molar-refractivity contribution in [3.63, 3.8) is 0 Å². The Balaban J connectivity index is 2.51. The number of aromatic nitrogens is 1. The van der Waals surface area contributed by atoms with Gasteiger partial charge in [-0.2, -0.15) is 0 Å². The summed E-state index contributed by atoms with van der Waals surface area (Å²) in [6.07, 6.45) is 4.20. The fourth-order valence-electron chi connectivity index (χ4n) is 1.02. The second-order valence-corrected chi connectivity index (χ2v) is 3.04. The molecule has 60 valence electrons. The molecule has 0 aliphatic rings. The van der Waals surface area contributed by atoms with Gasteiger partial charge in [-0.3, -0.25) is 4.98 Å². The van der Waals surface area contributed by atoms with E-state index in [4.69, 9.17) is 0 Å². The monoisotopic (exact) mass is 149 g/mol. The molecule has 1 aromatic heterocycles. The van der Waals surface area contributed by atoms with Gasteiger partial charge in [-0.15, -0.1) is 0 Å². The number of hydrogen-bond donors (Lipinski definition) is 0. The maximum Gasteiger partial charge on any atom is 0.0406 e. The highest BCUT2D eigenvalue weighted by Gasteiger charge is 1.99. The minimum atomic E-state index is 0.755. The molecule has 0 saturated carbocycles. The highest BCUT2D eigenvalue weighted by atomic mass is 14.7. The van der Waals surface area contributed by atoms with Crippen LogP contribution in [0.4, 0.5) is 0 Å². The van der Waals surface area contributed by atoms with E-state index in [0.717, 1.165) is 12.3 Å². The zero-order chi connectivity index (χ0) is 8.10. The summed E-state index contributed by atoms with van der Waals surface area (Å²) in [5.74, 6) is 0.755. The summed E-state index contributed by atoms with van der Waals surface area (Å²) >= 11 is 0. The van der Waals surface area contributed by atoms with Crippen molar-refractivity contribution in [3.8, 4) is 0 Å². The van der Waals surface area contributed by atoms with Gasteiger partial charge in [0, 0.05) is 11.9 Å². The largest absolute Gasteiger partial charge is 0.261 e. The second-order valence-electron chi connectivity index (χ2n) is 3.04. The summed E-state index contributed by atoms with van der Waals surface area (Å²) in [5, 5.41) is 0. The molecule has 1 aromatic rings. The van der Waals surface area contributed by atoms with Crippen LogP contribution < -0.4 is 0 Å². The molecule has 0 bridgehead atoms. The van der Waals surface area contributed by atoms with Gasteiger partial charge >= 0.3 is 0 Å². The molecule has 0 unspecified atom stereocenters. The quantitative estimate of drug-likeness (QED) is 0.644. The van der Waals surface area contributed by atoms with Crippen molar-refractivity contribution in [3.05, 3.63) is 30.1 Å². The first-order chi connectivity index (χ1) is 5.33. The summed E-state index contributed by atoms with van der Waals surface area (Å²) in [6, 6.07) is 6.09. The molecule has 0 fully saturated rings. The molecular formula is C10H15N. The zero-order valence-corrected chi connectivity index (χ0v) is 7.25. The number of nitrogens with zero attached hydrogens (tertiary/aromatic N) is 1. The fraction of sp³-hybridized carbons (Fsp3) is 0.500. The maximum absolute atomic E-state index is 4.27. The Labute approximate surface area is 68.5 Å². The van der Waals surface area contributed by atoms with Crippen molar-refractivity contribution >= 4 is 0 Å². The van der Waals surface area contributed by atoms with E-state index in [2.05, 4.69) is 24.9 Å². The fourth-order valence-corrected chi connectivity index (χ4v) is 1.02. The van der Waals surface area contributed by atoms with Crippen LogP contribution in [0.25, 0.3) is 0 Å². The van der Waals surface area contributed by atoms with Gasteiger partial charge in [0.2, 0.25) is 0 Å². The van der Waals surface area contributed by atoms with Gasteiger partial charge in [0.1, 0.15) is 0 Å². The molecule has 0 N–H and O–H groups in total. The summed E-state index contributed by atoms with van der Waals surface area (Å²) in [4.78, 5) is 4.27. The summed E-state index contributed by atoms with van der Waals surface area (Å²) in [5.41, 5.74) is 1.21. The van der Waals surface area contributed by atoms with E-state index in [1.807, 2.05) is 18.3 Å². The standard InChI is InChI=1S/C10H15N/c1-3-9(2)8-10-6-4-5-7-11-10/h4-7,9H,3,8H2,1-2H3/t9-/m1/s1. The van der Waals surface area contributed by atoms with Gasteiger partial charge in [0.05, 0.1) is 0 Å². The van der Waals surface area contributed by atoms with Crippen molar-refractivity contribution in [2.45, 2.75) is 26.7 Å². The van der Waals surface area contributed by atoms with Crippen molar-refractivity contribution < 1.29 is 0 Å². The predicted molar refractivity (Wildman–Crippen MR) is 47.4 cm³/mol. The Morgan fingerprint density at radius 2 is 2.27 bits per heavy atom. The highest BCUT2D eigenvalue weighted by Crippen LogP contribution is 2.07. The molecule has 1 atom stereocenters. The van der Waals surface area contributed by atoms with Crippen molar-refractivity contribution in [2.75, 3.05) is 0 Å². The molecule has 0 spiro atoms. The Morgan fingerprint density at radius 3 is 2.82 bits per heavy atom. The Bertz CT molecular complexity index is 193. The normalized spacial score (nSPS) is 12.9. The molecule has 1 nitrogen and oxygen atoms in total. The van der Waals surface area contributed by atoms with Crippen molar-refractivity contribution in [1.82, 2.24) is 4.98 Å². The lowest BCUT2D eigenvalue weighted by Gasteiger charge is -2.05. The first-order valence-corrected chi connectivity index (χ1v) is 4.22. The SMILES string of the molecule is CC[C@@H](C)Cc1ccccn1. The number of pyridine rings is 1. The average molecular weight is 149 g/mol. The molecule has 1 heteroatoms. The predicted octanol–water partition coefficient (Wildman–Crippen LogP) is 2.67. The highest BCUT2D eigenvalue weighted by molar-refractivity contribution is 5.03. The smallest absolute Gasteiger partial charge is 0.0406 e. The molecule has 1 heterocycles. The van der Waals surface area contributed by atoms with E-state index in [9.17, 15) is 0 Å². The molecule has 1 rings (SSSR count). The van der Waals surface area contributed by atoms with E-state index < -0.39 is 0 Å². The Morgan fingerprint density at radius 1 is 1.45 bits per heavy atom. The van der Waals surface area contributed by atoms with Gasteiger partial charge < -0.3 is 0 Å². The third kappa shape index (κ3) is 2.71. The van der Waals surface area contributed by atoms with E-state index in [-0.39, 0.29) is 0 Å². The summed E-state index contributed by atoms with van der Waals surface area (Å²) in [6.45, 7) is 4.47. The van der Waals surface area contributed by atoms with E-state index in [0.29, 0.717) is 0 Å². The number of hydrogen-bond acceptors (Lipinski definition) is 1. The van der Waals surface area contributed by atoms with E-state index >= 15 is 0 Å². The van der Waals surface area contributed by atoms with Crippen LogP contribution in [0.15, 0.2) is 24.4 Å². The maximum atomic E-state index is 4.27. The molecule has 11 heavy (non-hydrogen) atoms. The van der Waals surface area contributed by atoms with Gasteiger partial charge in [-0.05, 0) is 24.5 Å². The van der Waals surface area contributed by atoms with Crippen LogP contribution >= 0.6 is 0 Å². The average Bonchev–Trinajstić information content (AvgIpc) is 2.06. The first-order valence-electron chi connectivity index (χ1n) is 4.22. The lowest BCUT2D eigenvalue weighted by Crippen LogP contribution is -1.98.